The van der Waals surface area contributed by atoms with Gasteiger partial charge in [0.2, 0.25) is 5.91 Å². The zero-order valence-corrected chi connectivity index (χ0v) is 17.2. The van der Waals surface area contributed by atoms with E-state index in [9.17, 15) is 13.2 Å². The Bertz CT molecular complexity index is 1070. The molecule has 0 saturated carbocycles. The maximum atomic E-state index is 12.7. The van der Waals surface area contributed by atoms with E-state index in [1.165, 1.54) is 27.8 Å². The van der Waals surface area contributed by atoms with E-state index in [1.807, 2.05) is 0 Å². The predicted molar refractivity (Wildman–Crippen MR) is 108 cm³/mol. The number of thiophene rings is 1. The number of amides is 1. The molecule has 0 bridgehead atoms. The molecule has 0 unspecified atom stereocenters. The number of sulfonamides is 1. The number of nitrogens with zero attached hydrogens (tertiary/aromatic N) is 5. The summed E-state index contributed by atoms with van der Waals surface area (Å²) in [6, 6.07) is 6.74. The highest BCUT2D eigenvalue weighted by Gasteiger charge is 2.27. The molecule has 1 N–H and O–H groups in total. The third-order valence-corrected chi connectivity index (χ3v) is 8.02. The lowest BCUT2D eigenvalue weighted by atomic mass is 10.2. The summed E-state index contributed by atoms with van der Waals surface area (Å²) in [4.78, 5) is 21.1. The van der Waals surface area contributed by atoms with Crippen molar-refractivity contribution in [2.75, 3.05) is 18.4 Å². The Morgan fingerprint density at radius 2 is 1.97 bits per heavy atom. The van der Waals surface area contributed by atoms with Crippen molar-refractivity contribution in [3.63, 3.8) is 0 Å². The van der Waals surface area contributed by atoms with Gasteiger partial charge in [-0.15, -0.1) is 11.3 Å². The summed E-state index contributed by atoms with van der Waals surface area (Å²) in [7, 11) is -3.47. The Morgan fingerprint density at radius 1 is 1.14 bits per heavy atom. The van der Waals surface area contributed by atoms with Crippen LogP contribution in [0.3, 0.4) is 0 Å². The van der Waals surface area contributed by atoms with Crippen LogP contribution in [0.5, 0.6) is 0 Å². The van der Waals surface area contributed by atoms with Crippen molar-refractivity contribution in [3.8, 4) is 5.82 Å². The quantitative estimate of drug-likeness (QED) is 0.639. The molecule has 0 atom stereocenters. The second kappa shape index (κ2) is 8.39. The molecule has 0 spiro atoms. The molecule has 0 radical (unpaired) electrons. The van der Waals surface area contributed by atoms with Crippen molar-refractivity contribution < 1.29 is 13.2 Å². The van der Waals surface area contributed by atoms with Gasteiger partial charge in [-0.05, 0) is 37.1 Å². The smallest absolute Gasteiger partial charge is 0.252 e. The fourth-order valence-electron chi connectivity index (χ4n) is 3.11. The number of piperidine rings is 1. The van der Waals surface area contributed by atoms with Crippen molar-refractivity contribution in [3.05, 3.63) is 48.0 Å². The van der Waals surface area contributed by atoms with E-state index < -0.39 is 10.0 Å². The lowest BCUT2D eigenvalue weighted by Gasteiger charge is -2.25. The van der Waals surface area contributed by atoms with Gasteiger partial charge in [-0.25, -0.2) is 23.1 Å². The monoisotopic (exact) mass is 432 g/mol. The Morgan fingerprint density at radius 3 is 2.66 bits per heavy atom. The topological polar surface area (TPSA) is 110 Å². The molecule has 152 valence electrons. The van der Waals surface area contributed by atoms with Crippen LogP contribution in [0.15, 0.2) is 47.3 Å². The summed E-state index contributed by atoms with van der Waals surface area (Å²) in [6.07, 6.45) is 7.44. The number of rotatable bonds is 6. The van der Waals surface area contributed by atoms with Gasteiger partial charge in [0.1, 0.15) is 16.9 Å². The van der Waals surface area contributed by atoms with Gasteiger partial charge in [-0.1, -0.05) is 6.42 Å². The lowest BCUT2D eigenvalue weighted by molar-refractivity contribution is -0.115. The molecule has 1 aliphatic heterocycles. The summed E-state index contributed by atoms with van der Waals surface area (Å²) >= 11 is 1.15. The van der Waals surface area contributed by atoms with Crippen LogP contribution in [0.1, 0.15) is 24.1 Å². The van der Waals surface area contributed by atoms with Crippen molar-refractivity contribution in [2.24, 2.45) is 0 Å². The van der Waals surface area contributed by atoms with Gasteiger partial charge in [0.15, 0.2) is 5.82 Å². The molecule has 3 aromatic heterocycles. The normalized spacial score (nSPS) is 15.3. The number of pyridine rings is 1. The van der Waals surface area contributed by atoms with Crippen LogP contribution < -0.4 is 5.32 Å². The number of hydrogen-bond acceptors (Lipinski definition) is 7. The maximum Gasteiger partial charge on any atom is 0.252 e. The fraction of sp³-hybridized carbons (Fsp3) is 0.333. The molecule has 3 aromatic rings. The van der Waals surface area contributed by atoms with Gasteiger partial charge in [0.25, 0.3) is 10.0 Å². The molecule has 1 saturated heterocycles. The summed E-state index contributed by atoms with van der Waals surface area (Å²) in [5.41, 5.74) is 0.552. The molecule has 9 nitrogen and oxygen atoms in total. The molecule has 29 heavy (non-hydrogen) atoms. The molecule has 1 amide bonds. The number of carbonyl (C=O) groups is 1. The van der Waals surface area contributed by atoms with Crippen molar-refractivity contribution in [2.45, 2.75) is 29.9 Å². The highest BCUT2D eigenvalue weighted by molar-refractivity contribution is 7.91. The first kappa shape index (κ1) is 19.7. The number of aromatic nitrogens is 4. The largest absolute Gasteiger partial charge is 0.324 e. The number of anilines is 1. The summed E-state index contributed by atoms with van der Waals surface area (Å²) in [5.74, 6) is 0.357. The third-order valence-electron chi connectivity index (χ3n) is 4.57. The van der Waals surface area contributed by atoms with Crippen LogP contribution in [0.25, 0.3) is 5.82 Å². The van der Waals surface area contributed by atoms with Gasteiger partial charge < -0.3 is 5.32 Å². The predicted octanol–water partition coefficient (Wildman–Crippen LogP) is 2.08. The minimum atomic E-state index is -3.47. The van der Waals surface area contributed by atoms with Gasteiger partial charge in [0.05, 0.1) is 18.3 Å². The van der Waals surface area contributed by atoms with Crippen LogP contribution in [0.2, 0.25) is 0 Å². The van der Waals surface area contributed by atoms with E-state index in [0.29, 0.717) is 33.7 Å². The first-order valence-corrected chi connectivity index (χ1v) is 11.5. The number of hydrogen-bond donors (Lipinski definition) is 1. The molecular formula is C18H20N6O3S2. The summed E-state index contributed by atoms with van der Waals surface area (Å²) in [5, 5.41) is 6.77. The number of carbonyl (C=O) groups excluding carboxylic acids is 1. The standard InChI is InChI=1S/C18H20N6O3S2/c25-17(22-14-4-6-16(20-11-14)24-13-19-12-21-24)10-15-5-7-18(28-15)29(26,27)23-8-2-1-3-9-23/h4-7,11-13H,1-3,8-10H2,(H,22,25). The van der Waals surface area contributed by atoms with E-state index in [-0.39, 0.29) is 12.3 Å². The van der Waals surface area contributed by atoms with E-state index >= 15 is 0 Å². The molecule has 1 fully saturated rings. The highest BCUT2D eigenvalue weighted by atomic mass is 32.2. The number of nitrogens with one attached hydrogen (secondary N) is 1. The highest BCUT2D eigenvalue weighted by Crippen LogP contribution is 2.27. The molecule has 11 heteroatoms. The molecule has 1 aliphatic rings. The Balaban J connectivity index is 1.38. The van der Waals surface area contributed by atoms with E-state index in [4.69, 9.17) is 0 Å². The Kier molecular flexibility index (Phi) is 5.69. The SMILES string of the molecule is O=C(Cc1ccc(S(=O)(=O)N2CCCCC2)s1)Nc1ccc(-n2cncn2)nc1. The van der Waals surface area contributed by atoms with Crippen LogP contribution in [-0.2, 0) is 21.2 Å². The molecular weight excluding hydrogens is 412 g/mol. The fourth-order valence-corrected chi connectivity index (χ4v) is 6.14. The van der Waals surface area contributed by atoms with Gasteiger partial charge in [0, 0.05) is 18.0 Å². The Hall–Kier alpha value is -2.63. The minimum Gasteiger partial charge on any atom is -0.324 e. The summed E-state index contributed by atoms with van der Waals surface area (Å²) < 4.78 is 28.8. The van der Waals surface area contributed by atoms with Crippen molar-refractivity contribution in [1.82, 2.24) is 24.1 Å². The molecule has 4 rings (SSSR count). The van der Waals surface area contributed by atoms with Crippen molar-refractivity contribution >= 4 is 33.0 Å². The first-order chi connectivity index (χ1) is 14.0. The zero-order chi connectivity index (χ0) is 20.3. The second-order valence-corrected chi connectivity index (χ2v) is 9.99. The van der Waals surface area contributed by atoms with E-state index in [2.05, 4.69) is 20.4 Å². The Labute approximate surface area is 172 Å². The first-order valence-electron chi connectivity index (χ1n) is 9.22. The molecule has 4 heterocycles. The van der Waals surface area contributed by atoms with Gasteiger partial charge in [-0.2, -0.15) is 9.40 Å². The van der Waals surface area contributed by atoms with Crippen LogP contribution >= 0.6 is 11.3 Å². The maximum absolute atomic E-state index is 12.7. The molecule has 0 aliphatic carbocycles. The van der Waals surface area contributed by atoms with E-state index in [0.717, 1.165) is 30.6 Å². The van der Waals surface area contributed by atoms with Crippen molar-refractivity contribution in [1.29, 1.82) is 0 Å². The van der Waals surface area contributed by atoms with Crippen LogP contribution in [-0.4, -0.2) is 51.5 Å². The lowest BCUT2D eigenvalue weighted by Crippen LogP contribution is -2.35. The van der Waals surface area contributed by atoms with Gasteiger partial charge in [-0.3, -0.25) is 4.79 Å². The second-order valence-electron chi connectivity index (χ2n) is 6.66. The van der Waals surface area contributed by atoms with Gasteiger partial charge >= 0.3 is 0 Å². The minimum absolute atomic E-state index is 0.102. The average molecular weight is 433 g/mol. The zero-order valence-electron chi connectivity index (χ0n) is 15.6. The van der Waals surface area contributed by atoms with Crippen LogP contribution in [0.4, 0.5) is 5.69 Å². The van der Waals surface area contributed by atoms with E-state index in [1.54, 1.807) is 24.3 Å². The summed E-state index contributed by atoms with van der Waals surface area (Å²) in [6.45, 7) is 1.13. The third kappa shape index (κ3) is 4.52. The molecule has 0 aromatic carbocycles. The average Bonchev–Trinajstić information content (AvgIpc) is 3.42. The van der Waals surface area contributed by atoms with Crippen LogP contribution in [0, 0.1) is 0 Å².